The average Bonchev–Trinajstić information content (AvgIpc) is 2.35. The summed E-state index contributed by atoms with van der Waals surface area (Å²) in [5.74, 6) is -0.202. The fourth-order valence-electron chi connectivity index (χ4n) is 1.80. The molecule has 0 bridgehead atoms. The normalized spacial score (nSPS) is 14.8. The van der Waals surface area contributed by atoms with Crippen LogP contribution in [0.2, 0.25) is 0 Å². The molecule has 1 fully saturated rings. The Balaban J connectivity index is 0.000000771. The van der Waals surface area contributed by atoms with Gasteiger partial charge in [-0.3, -0.25) is 15.0 Å². The highest BCUT2D eigenvalue weighted by Gasteiger charge is 2.24. The Morgan fingerprint density at radius 1 is 1.17 bits per heavy atom. The van der Waals surface area contributed by atoms with Gasteiger partial charge in [0.1, 0.15) is 0 Å². The van der Waals surface area contributed by atoms with E-state index in [1.54, 1.807) is 4.90 Å². The highest BCUT2D eigenvalue weighted by Crippen LogP contribution is 2.23. The Bertz CT molecular complexity index is 455. The molecule has 18 heavy (non-hydrogen) atoms. The van der Waals surface area contributed by atoms with Crippen LogP contribution in [0.25, 0.3) is 0 Å². The number of rotatable bonds is 1. The molecule has 1 aromatic rings. The van der Waals surface area contributed by atoms with Gasteiger partial charge in [-0.1, -0.05) is 26.0 Å². The van der Waals surface area contributed by atoms with Gasteiger partial charge in [0.05, 0.1) is 0 Å². The van der Waals surface area contributed by atoms with Crippen LogP contribution in [0.4, 0.5) is 10.5 Å². The third-order valence-corrected chi connectivity index (χ3v) is 2.71. The fraction of sp³-hybridized carbons (Fsp3) is 0.429. The van der Waals surface area contributed by atoms with Gasteiger partial charge >= 0.3 is 6.03 Å². The molecule has 1 aromatic carbocycles. The molecule has 2 rings (SSSR count). The minimum absolute atomic E-state index is 0.202. The number of amides is 3. The number of nitrogens with zero attached hydrogens (tertiary/aromatic N) is 1. The lowest BCUT2D eigenvalue weighted by Crippen LogP contribution is -2.49. The van der Waals surface area contributed by atoms with Crippen LogP contribution in [0.3, 0.4) is 0 Å². The van der Waals surface area contributed by atoms with E-state index in [4.69, 9.17) is 0 Å². The van der Waals surface area contributed by atoms with E-state index in [-0.39, 0.29) is 11.9 Å². The van der Waals surface area contributed by atoms with Crippen LogP contribution in [-0.4, -0.2) is 18.5 Å². The van der Waals surface area contributed by atoms with E-state index in [1.165, 1.54) is 0 Å². The van der Waals surface area contributed by atoms with Crippen molar-refractivity contribution in [1.82, 2.24) is 5.32 Å². The lowest BCUT2D eigenvalue weighted by atomic mass is 10.1. The highest BCUT2D eigenvalue weighted by molar-refractivity contribution is 6.05. The van der Waals surface area contributed by atoms with Crippen LogP contribution in [-0.2, 0) is 4.79 Å². The standard InChI is InChI=1S/C12H14N2O2.C2H6/c1-8-3-4-9(2)10(7-8)14-6-5-11(15)13-12(14)16;1-2/h3-4,7H,5-6H2,1-2H3,(H,13,15,16);1-2H3. The maximum absolute atomic E-state index is 11.7. The number of imide groups is 1. The summed E-state index contributed by atoms with van der Waals surface area (Å²) in [6, 6.07) is 5.62. The largest absolute Gasteiger partial charge is 0.328 e. The van der Waals surface area contributed by atoms with E-state index >= 15 is 0 Å². The first-order chi connectivity index (χ1) is 8.58. The predicted molar refractivity (Wildman–Crippen MR) is 72.8 cm³/mol. The maximum Gasteiger partial charge on any atom is 0.328 e. The molecule has 0 spiro atoms. The zero-order valence-electron chi connectivity index (χ0n) is 11.4. The van der Waals surface area contributed by atoms with E-state index in [9.17, 15) is 9.59 Å². The van der Waals surface area contributed by atoms with E-state index in [2.05, 4.69) is 5.32 Å². The zero-order valence-corrected chi connectivity index (χ0v) is 11.4. The molecular formula is C14H20N2O2. The molecule has 4 heteroatoms. The number of hydrogen-bond acceptors (Lipinski definition) is 2. The van der Waals surface area contributed by atoms with Gasteiger partial charge in [-0.2, -0.15) is 0 Å². The Hall–Kier alpha value is -1.84. The highest BCUT2D eigenvalue weighted by atomic mass is 16.2. The Kier molecular flexibility index (Phi) is 4.89. The van der Waals surface area contributed by atoms with Crippen molar-refractivity contribution in [2.45, 2.75) is 34.1 Å². The summed E-state index contributed by atoms with van der Waals surface area (Å²) in [6.07, 6.45) is 0.360. The number of urea groups is 1. The Morgan fingerprint density at radius 3 is 2.44 bits per heavy atom. The second-order valence-electron chi connectivity index (χ2n) is 4.04. The quantitative estimate of drug-likeness (QED) is 0.830. The number of anilines is 1. The second kappa shape index (κ2) is 6.19. The molecule has 1 aliphatic rings. The van der Waals surface area contributed by atoms with Gasteiger partial charge in [0.25, 0.3) is 0 Å². The SMILES string of the molecule is CC.Cc1ccc(C)c(N2CCC(=O)NC2=O)c1. The minimum Gasteiger partial charge on any atom is -0.293 e. The molecule has 0 radical (unpaired) electrons. The summed E-state index contributed by atoms with van der Waals surface area (Å²) in [4.78, 5) is 24.3. The summed E-state index contributed by atoms with van der Waals surface area (Å²) in [5, 5.41) is 2.32. The first kappa shape index (κ1) is 14.2. The lowest BCUT2D eigenvalue weighted by molar-refractivity contribution is -0.120. The van der Waals surface area contributed by atoms with Crippen molar-refractivity contribution in [3.05, 3.63) is 29.3 Å². The van der Waals surface area contributed by atoms with Crippen molar-refractivity contribution < 1.29 is 9.59 Å². The molecule has 4 nitrogen and oxygen atoms in total. The van der Waals surface area contributed by atoms with Gasteiger partial charge in [-0.15, -0.1) is 0 Å². The molecule has 98 valence electrons. The summed E-state index contributed by atoms with van der Waals surface area (Å²) in [6.45, 7) is 8.39. The van der Waals surface area contributed by atoms with Gasteiger partial charge < -0.3 is 0 Å². The van der Waals surface area contributed by atoms with Crippen molar-refractivity contribution >= 4 is 17.6 Å². The smallest absolute Gasteiger partial charge is 0.293 e. The predicted octanol–water partition coefficient (Wildman–Crippen LogP) is 2.78. The summed E-state index contributed by atoms with van der Waals surface area (Å²) >= 11 is 0. The molecule has 1 aliphatic heterocycles. The first-order valence-electron chi connectivity index (χ1n) is 6.26. The van der Waals surface area contributed by atoms with E-state index < -0.39 is 0 Å². The van der Waals surface area contributed by atoms with Crippen molar-refractivity contribution in [3.8, 4) is 0 Å². The number of benzene rings is 1. The van der Waals surface area contributed by atoms with Crippen LogP contribution in [0.5, 0.6) is 0 Å². The van der Waals surface area contributed by atoms with Gasteiger partial charge in [-0.05, 0) is 31.0 Å². The van der Waals surface area contributed by atoms with Crippen molar-refractivity contribution in [2.75, 3.05) is 11.4 Å². The number of hydrogen-bond donors (Lipinski definition) is 1. The Labute approximate surface area is 108 Å². The average molecular weight is 248 g/mol. The minimum atomic E-state index is -0.329. The fourth-order valence-corrected chi connectivity index (χ4v) is 1.80. The third kappa shape index (κ3) is 3.09. The summed E-state index contributed by atoms with van der Waals surface area (Å²) in [7, 11) is 0. The van der Waals surface area contributed by atoms with Gasteiger partial charge in [0.15, 0.2) is 0 Å². The third-order valence-electron chi connectivity index (χ3n) is 2.71. The number of nitrogens with one attached hydrogen (secondary N) is 1. The van der Waals surface area contributed by atoms with E-state index in [0.29, 0.717) is 13.0 Å². The first-order valence-corrected chi connectivity index (χ1v) is 6.26. The monoisotopic (exact) mass is 248 g/mol. The zero-order chi connectivity index (χ0) is 13.7. The van der Waals surface area contributed by atoms with Crippen LogP contribution >= 0.6 is 0 Å². The molecule has 3 amide bonds. The molecule has 0 unspecified atom stereocenters. The van der Waals surface area contributed by atoms with Gasteiger partial charge in [0, 0.05) is 18.7 Å². The molecule has 1 saturated heterocycles. The van der Waals surface area contributed by atoms with E-state index in [0.717, 1.165) is 16.8 Å². The number of carbonyl (C=O) groups is 2. The van der Waals surface area contributed by atoms with Crippen molar-refractivity contribution in [3.63, 3.8) is 0 Å². The summed E-state index contributed by atoms with van der Waals surface area (Å²) < 4.78 is 0. The van der Waals surface area contributed by atoms with Crippen LogP contribution in [0, 0.1) is 13.8 Å². The molecule has 1 N–H and O–H groups in total. The van der Waals surface area contributed by atoms with Gasteiger partial charge in [-0.25, -0.2) is 4.79 Å². The van der Waals surface area contributed by atoms with Crippen molar-refractivity contribution in [2.24, 2.45) is 0 Å². The molecule has 0 atom stereocenters. The van der Waals surface area contributed by atoms with E-state index in [1.807, 2.05) is 45.9 Å². The molecule has 0 aromatic heterocycles. The lowest BCUT2D eigenvalue weighted by Gasteiger charge is -2.28. The maximum atomic E-state index is 11.7. The summed E-state index contributed by atoms with van der Waals surface area (Å²) in [5.41, 5.74) is 3.02. The Morgan fingerprint density at radius 2 is 1.83 bits per heavy atom. The number of aryl methyl sites for hydroxylation is 2. The van der Waals surface area contributed by atoms with Crippen LogP contribution in [0.15, 0.2) is 18.2 Å². The second-order valence-corrected chi connectivity index (χ2v) is 4.04. The van der Waals surface area contributed by atoms with Crippen LogP contribution < -0.4 is 10.2 Å². The van der Waals surface area contributed by atoms with Crippen molar-refractivity contribution in [1.29, 1.82) is 0 Å². The van der Waals surface area contributed by atoms with Gasteiger partial charge in [0.2, 0.25) is 5.91 Å². The number of carbonyl (C=O) groups excluding carboxylic acids is 2. The molecule has 0 aliphatic carbocycles. The van der Waals surface area contributed by atoms with Crippen LogP contribution in [0.1, 0.15) is 31.4 Å². The topological polar surface area (TPSA) is 49.4 Å². The molecule has 1 heterocycles. The molecular weight excluding hydrogens is 228 g/mol. The molecule has 0 saturated carbocycles.